The number of aryl methyl sites for hydroxylation is 1. The molecule has 2 aromatic carbocycles. The lowest BCUT2D eigenvalue weighted by atomic mass is 10.2. The number of nitrogens with zero attached hydrogens (tertiary/aromatic N) is 1. The van der Waals surface area contributed by atoms with E-state index in [0.29, 0.717) is 5.56 Å². The molecule has 1 fully saturated rings. The molecule has 4 rings (SSSR count). The molecule has 0 amide bonds. The van der Waals surface area contributed by atoms with E-state index in [1.807, 2.05) is 0 Å². The van der Waals surface area contributed by atoms with Gasteiger partial charge in [-0.2, -0.15) is 0 Å². The fourth-order valence-electron chi connectivity index (χ4n) is 3.44. The van der Waals surface area contributed by atoms with Crippen LogP contribution in [-0.4, -0.2) is 40.7 Å². The van der Waals surface area contributed by atoms with E-state index in [2.05, 4.69) is 4.98 Å². The molecule has 182 valence electrons. The molecule has 11 nitrogen and oxygen atoms in total. The highest BCUT2D eigenvalue weighted by atomic mass is 16.7. The van der Waals surface area contributed by atoms with Crippen molar-refractivity contribution in [2.75, 3.05) is 6.61 Å². The van der Waals surface area contributed by atoms with Crippen LogP contribution in [-0.2, 0) is 14.2 Å². The average molecular weight is 482 g/mol. The van der Waals surface area contributed by atoms with Gasteiger partial charge in [-0.15, -0.1) is 0 Å². The summed E-state index contributed by atoms with van der Waals surface area (Å²) in [4.78, 5) is 50.7. The van der Waals surface area contributed by atoms with Crippen molar-refractivity contribution in [3.05, 3.63) is 93.3 Å². The maximum atomic E-state index is 12.4. The van der Waals surface area contributed by atoms with Crippen molar-refractivity contribution in [3.63, 3.8) is 0 Å². The molecule has 0 saturated carbocycles. The van der Waals surface area contributed by atoms with Crippen LogP contribution in [0.2, 0.25) is 0 Å². The first-order chi connectivity index (χ1) is 16.9. The molecule has 0 bridgehead atoms. The summed E-state index contributed by atoms with van der Waals surface area (Å²) in [5, 5.41) is 0. The quantitative estimate of drug-likeness (QED) is 0.415. The highest BCUT2D eigenvalue weighted by Gasteiger charge is 2.41. The third kappa shape index (κ3) is 6.15. The number of benzene rings is 2. The lowest BCUT2D eigenvalue weighted by Gasteiger charge is -2.18. The van der Waals surface area contributed by atoms with Gasteiger partial charge in [-0.25, -0.2) is 14.4 Å². The Labute approximate surface area is 198 Å². The molecule has 0 aliphatic carbocycles. The molecule has 1 aliphatic rings. The fraction of sp³-hybridized carbons (Fsp3) is 0.250. The summed E-state index contributed by atoms with van der Waals surface area (Å²) in [5.74, 6) is 0.567. The number of rotatable bonds is 6. The molecule has 0 spiro atoms. The Bertz CT molecular complexity index is 1290. The van der Waals surface area contributed by atoms with Crippen LogP contribution in [0.4, 0.5) is 9.59 Å². The van der Waals surface area contributed by atoms with Gasteiger partial charge in [-0.05, 0) is 31.2 Å². The molecule has 3 atom stereocenters. The lowest BCUT2D eigenvalue weighted by Crippen LogP contribution is -2.34. The second kappa shape index (κ2) is 10.7. The molecule has 1 saturated heterocycles. The summed E-state index contributed by atoms with van der Waals surface area (Å²) in [6.45, 7) is 1.21. The molecule has 11 heteroatoms. The van der Waals surface area contributed by atoms with Gasteiger partial charge in [0.05, 0.1) is 0 Å². The Balaban J connectivity index is 1.46. The number of H-pyrrole nitrogens is 1. The zero-order valence-electron chi connectivity index (χ0n) is 18.6. The largest absolute Gasteiger partial charge is 0.514 e. The minimum absolute atomic E-state index is 0.0387. The maximum absolute atomic E-state index is 12.4. The van der Waals surface area contributed by atoms with Crippen molar-refractivity contribution >= 4 is 12.3 Å². The summed E-state index contributed by atoms with van der Waals surface area (Å²) in [7, 11) is 0. The first kappa shape index (κ1) is 23.8. The minimum atomic E-state index is -0.993. The van der Waals surface area contributed by atoms with Gasteiger partial charge in [-0.3, -0.25) is 14.3 Å². The van der Waals surface area contributed by atoms with E-state index in [0.717, 1.165) is 0 Å². The Hall–Kier alpha value is -4.38. The minimum Gasteiger partial charge on any atom is -0.431 e. The second-order valence-electron chi connectivity index (χ2n) is 7.64. The maximum Gasteiger partial charge on any atom is 0.514 e. The number of para-hydroxylation sites is 2. The number of carbonyl (C=O) groups excluding carboxylic acids is 2. The number of hydrogen-bond acceptors (Lipinski definition) is 9. The van der Waals surface area contributed by atoms with Gasteiger partial charge in [0.15, 0.2) is 0 Å². The summed E-state index contributed by atoms with van der Waals surface area (Å²) in [6.07, 6.45) is -3.36. The molecule has 1 N–H and O–H groups in total. The molecule has 1 aliphatic heterocycles. The molecular formula is C24H22N2O9. The lowest BCUT2D eigenvalue weighted by molar-refractivity contribution is -0.0594. The second-order valence-corrected chi connectivity index (χ2v) is 7.64. The predicted molar refractivity (Wildman–Crippen MR) is 120 cm³/mol. The number of hydrogen-bond donors (Lipinski definition) is 1. The van der Waals surface area contributed by atoms with Gasteiger partial charge >= 0.3 is 18.0 Å². The number of carbonyl (C=O) groups is 2. The van der Waals surface area contributed by atoms with Crippen LogP contribution in [0.5, 0.6) is 11.5 Å². The summed E-state index contributed by atoms with van der Waals surface area (Å²) < 4.78 is 27.9. The van der Waals surface area contributed by atoms with E-state index in [4.69, 9.17) is 23.7 Å². The third-order valence-electron chi connectivity index (χ3n) is 5.14. The number of nitrogens with one attached hydrogen (secondary N) is 1. The Kier molecular flexibility index (Phi) is 7.27. The van der Waals surface area contributed by atoms with Gasteiger partial charge in [0, 0.05) is 18.2 Å². The summed E-state index contributed by atoms with van der Waals surface area (Å²) in [6, 6.07) is 16.6. The molecule has 1 aromatic heterocycles. The van der Waals surface area contributed by atoms with E-state index in [-0.39, 0.29) is 24.5 Å². The van der Waals surface area contributed by atoms with Gasteiger partial charge in [0.25, 0.3) is 5.56 Å². The van der Waals surface area contributed by atoms with Crippen LogP contribution < -0.4 is 20.7 Å². The van der Waals surface area contributed by atoms with Gasteiger partial charge < -0.3 is 23.7 Å². The first-order valence-corrected chi connectivity index (χ1v) is 10.7. The van der Waals surface area contributed by atoms with E-state index < -0.39 is 42.0 Å². The van der Waals surface area contributed by atoms with Crippen molar-refractivity contribution in [3.8, 4) is 11.5 Å². The first-order valence-electron chi connectivity index (χ1n) is 10.7. The van der Waals surface area contributed by atoms with E-state index >= 15 is 0 Å². The fourth-order valence-corrected chi connectivity index (χ4v) is 3.44. The van der Waals surface area contributed by atoms with Gasteiger partial charge in [0.1, 0.15) is 36.5 Å². The topological polar surface area (TPSA) is 135 Å². The van der Waals surface area contributed by atoms with E-state index in [1.165, 1.54) is 17.7 Å². The Morgan fingerprint density at radius 1 is 0.971 bits per heavy atom. The zero-order chi connectivity index (χ0) is 24.8. The van der Waals surface area contributed by atoms with Crippen LogP contribution in [0.25, 0.3) is 0 Å². The zero-order valence-corrected chi connectivity index (χ0v) is 18.6. The van der Waals surface area contributed by atoms with Gasteiger partial charge in [0.2, 0.25) is 0 Å². The monoisotopic (exact) mass is 482 g/mol. The normalized spacial score (nSPS) is 19.1. The Morgan fingerprint density at radius 3 is 2.20 bits per heavy atom. The Morgan fingerprint density at radius 2 is 1.57 bits per heavy atom. The van der Waals surface area contributed by atoms with Crippen molar-refractivity contribution in [1.82, 2.24) is 9.55 Å². The van der Waals surface area contributed by atoms with Crippen molar-refractivity contribution < 1.29 is 33.3 Å². The van der Waals surface area contributed by atoms with Crippen LogP contribution >= 0.6 is 0 Å². The molecule has 0 unspecified atom stereocenters. The van der Waals surface area contributed by atoms with Crippen LogP contribution in [0, 0.1) is 6.92 Å². The van der Waals surface area contributed by atoms with Crippen LogP contribution in [0.15, 0.2) is 76.4 Å². The van der Waals surface area contributed by atoms with E-state index in [9.17, 15) is 19.2 Å². The SMILES string of the molecule is Cc1cn([C@H]2C[C@H](OC(=O)Oc3ccccc3)[C@@H](COC(=O)Oc3ccccc3)O2)c(=O)[nH]c1=O. The highest BCUT2D eigenvalue weighted by molar-refractivity contribution is 5.64. The standard InChI is InChI=1S/C24H22N2O9/c1-15-13-26(22(28)25-21(15)27)20-12-18(35-24(30)33-17-10-6-3-7-11-17)19(34-20)14-31-23(29)32-16-8-4-2-5-9-16/h2-11,13,18-20H,12,14H2,1H3,(H,25,27,28)/t18-,19+,20+/m0/s1. The molecule has 2 heterocycles. The summed E-state index contributed by atoms with van der Waals surface area (Å²) in [5.41, 5.74) is -0.923. The summed E-state index contributed by atoms with van der Waals surface area (Å²) >= 11 is 0. The predicted octanol–water partition coefficient (Wildman–Crippen LogP) is 2.93. The van der Waals surface area contributed by atoms with Crippen LogP contribution in [0.3, 0.4) is 0 Å². The molecule has 3 aromatic rings. The smallest absolute Gasteiger partial charge is 0.431 e. The van der Waals surface area contributed by atoms with Crippen molar-refractivity contribution in [2.45, 2.75) is 31.8 Å². The van der Waals surface area contributed by atoms with E-state index in [1.54, 1.807) is 60.7 Å². The average Bonchev–Trinajstić information content (AvgIpc) is 3.23. The van der Waals surface area contributed by atoms with Crippen molar-refractivity contribution in [2.24, 2.45) is 0 Å². The molecular weight excluding hydrogens is 460 g/mol. The number of ether oxygens (including phenoxy) is 5. The highest BCUT2D eigenvalue weighted by Crippen LogP contribution is 2.31. The molecule has 35 heavy (non-hydrogen) atoms. The number of aromatic nitrogens is 2. The number of aromatic amines is 1. The molecule has 0 radical (unpaired) electrons. The third-order valence-corrected chi connectivity index (χ3v) is 5.14. The van der Waals surface area contributed by atoms with Gasteiger partial charge in [-0.1, -0.05) is 36.4 Å². The van der Waals surface area contributed by atoms with Crippen molar-refractivity contribution in [1.29, 1.82) is 0 Å². The van der Waals surface area contributed by atoms with Crippen LogP contribution in [0.1, 0.15) is 18.2 Å².